The van der Waals surface area contributed by atoms with E-state index in [2.05, 4.69) is 42.4 Å². The second-order valence-corrected chi connectivity index (χ2v) is 6.61. The summed E-state index contributed by atoms with van der Waals surface area (Å²) in [5.74, 6) is 0.862. The van der Waals surface area contributed by atoms with E-state index in [1.54, 1.807) is 36.8 Å². The summed E-state index contributed by atoms with van der Waals surface area (Å²) in [6.07, 6.45) is 0.0417. The zero-order valence-electron chi connectivity index (χ0n) is 13.8. The van der Waals surface area contributed by atoms with Crippen molar-refractivity contribution in [1.29, 1.82) is 0 Å². The van der Waals surface area contributed by atoms with E-state index in [9.17, 15) is 0 Å². The van der Waals surface area contributed by atoms with Crippen LogP contribution in [0.2, 0.25) is 0 Å². The standard InChI is InChI=1S/C15H22N4OS2.HI/c1-11(20-4)14-18-13(10-22-14)8-19(3)15(16-2)17-7-12-5-6-21-9-12;/h5-6,9-11H,7-8H2,1-4H3,(H,16,17);1H. The summed E-state index contributed by atoms with van der Waals surface area (Å²) in [6, 6.07) is 2.11. The molecule has 0 spiro atoms. The Hall–Kier alpha value is -0.710. The van der Waals surface area contributed by atoms with E-state index in [1.807, 2.05) is 14.0 Å². The Labute approximate surface area is 162 Å². The maximum absolute atomic E-state index is 5.30. The lowest BCUT2D eigenvalue weighted by Gasteiger charge is -2.21. The van der Waals surface area contributed by atoms with E-state index in [0.717, 1.165) is 29.8 Å². The summed E-state index contributed by atoms with van der Waals surface area (Å²) in [5, 5.41) is 10.7. The molecule has 1 unspecified atom stereocenters. The summed E-state index contributed by atoms with van der Waals surface area (Å²) >= 11 is 3.34. The van der Waals surface area contributed by atoms with E-state index in [-0.39, 0.29) is 30.1 Å². The van der Waals surface area contributed by atoms with Crippen LogP contribution >= 0.6 is 46.7 Å². The van der Waals surface area contributed by atoms with Crippen LogP contribution in [-0.2, 0) is 17.8 Å². The van der Waals surface area contributed by atoms with Gasteiger partial charge < -0.3 is 15.0 Å². The highest BCUT2D eigenvalue weighted by molar-refractivity contribution is 14.0. The molecule has 0 fully saturated rings. The van der Waals surface area contributed by atoms with Crippen molar-refractivity contribution in [3.63, 3.8) is 0 Å². The zero-order valence-corrected chi connectivity index (χ0v) is 17.7. The fraction of sp³-hybridized carbons (Fsp3) is 0.467. The Balaban J connectivity index is 0.00000264. The van der Waals surface area contributed by atoms with Gasteiger partial charge in [-0.3, -0.25) is 4.99 Å². The molecule has 2 aromatic rings. The topological polar surface area (TPSA) is 49.8 Å². The van der Waals surface area contributed by atoms with Crippen LogP contribution in [0.25, 0.3) is 0 Å². The highest BCUT2D eigenvalue weighted by atomic mass is 127. The monoisotopic (exact) mass is 466 g/mol. The molecule has 1 N–H and O–H groups in total. The highest BCUT2D eigenvalue weighted by Gasteiger charge is 2.12. The van der Waals surface area contributed by atoms with Crippen LogP contribution < -0.4 is 5.32 Å². The van der Waals surface area contributed by atoms with Crippen molar-refractivity contribution in [3.05, 3.63) is 38.5 Å². The molecular formula is C15H23IN4OS2. The summed E-state index contributed by atoms with van der Waals surface area (Å²) in [7, 11) is 5.52. The van der Waals surface area contributed by atoms with Gasteiger partial charge in [-0.1, -0.05) is 0 Å². The minimum Gasteiger partial charge on any atom is -0.375 e. The van der Waals surface area contributed by atoms with Gasteiger partial charge in [0.1, 0.15) is 11.1 Å². The van der Waals surface area contributed by atoms with Gasteiger partial charge in [-0.25, -0.2) is 4.98 Å². The molecule has 1 atom stereocenters. The summed E-state index contributed by atoms with van der Waals surface area (Å²) < 4.78 is 5.30. The van der Waals surface area contributed by atoms with Crippen LogP contribution in [-0.4, -0.2) is 37.0 Å². The molecule has 0 radical (unpaired) electrons. The number of ether oxygens (including phenoxy) is 1. The summed E-state index contributed by atoms with van der Waals surface area (Å²) in [5.41, 5.74) is 2.30. The third-order valence-corrected chi connectivity index (χ3v) is 5.06. The van der Waals surface area contributed by atoms with Gasteiger partial charge in [-0.15, -0.1) is 35.3 Å². The number of hydrogen-bond donors (Lipinski definition) is 1. The Kier molecular flexibility index (Phi) is 9.03. The number of nitrogens with zero attached hydrogens (tertiary/aromatic N) is 3. The molecule has 5 nitrogen and oxygen atoms in total. The molecule has 0 aromatic carbocycles. The van der Waals surface area contributed by atoms with Crippen LogP contribution in [0, 0.1) is 0 Å². The SMILES string of the molecule is CN=C(NCc1ccsc1)N(C)Cc1csc(C(C)OC)n1.I. The summed E-state index contributed by atoms with van der Waals surface area (Å²) in [6.45, 7) is 3.51. The Morgan fingerprint density at radius 2 is 2.26 bits per heavy atom. The molecule has 0 aliphatic heterocycles. The number of nitrogens with one attached hydrogen (secondary N) is 1. The van der Waals surface area contributed by atoms with Crippen molar-refractivity contribution in [2.24, 2.45) is 4.99 Å². The third kappa shape index (κ3) is 6.02. The molecule has 0 aliphatic carbocycles. The molecule has 2 aromatic heterocycles. The van der Waals surface area contributed by atoms with Gasteiger partial charge in [0.2, 0.25) is 0 Å². The largest absolute Gasteiger partial charge is 0.375 e. The third-order valence-electron chi connectivity index (χ3n) is 3.27. The number of methoxy groups -OCH3 is 1. The average molecular weight is 466 g/mol. The first-order valence-corrected chi connectivity index (χ1v) is 8.86. The minimum atomic E-state index is 0. The van der Waals surface area contributed by atoms with Crippen LogP contribution in [0.4, 0.5) is 0 Å². The molecule has 0 aliphatic rings. The molecule has 0 saturated heterocycles. The van der Waals surface area contributed by atoms with Crippen LogP contribution in [0.15, 0.2) is 27.2 Å². The fourth-order valence-electron chi connectivity index (χ4n) is 1.96. The molecule has 128 valence electrons. The van der Waals surface area contributed by atoms with E-state index in [4.69, 9.17) is 4.74 Å². The van der Waals surface area contributed by atoms with Gasteiger partial charge in [0.25, 0.3) is 0 Å². The van der Waals surface area contributed by atoms with Crippen LogP contribution in [0.3, 0.4) is 0 Å². The molecule has 2 rings (SSSR count). The molecule has 8 heteroatoms. The van der Waals surface area contributed by atoms with Gasteiger partial charge in [0.15, 0.2) is 5.96 Å². The number of aromatic nitrogens is 1. The Morgan fingerprint density at radius 3 is 2.87 bits per heavy atom. The number of thiazole rings is 1. The van der Waals surface area contributed by atoms with Gasteiger partial charge in [0.05, 0.1) is 12.2 Å². The average Bonchev–Trinajstić information content (AvgIpc) is 3.18. The second-order valence-electron chi connectivity index (χ2n) is 4.94. The predicted molar refractivity (Wildman–Crippen MR) is 109 cm³/mol. The number of thiophene rings is 1. The van der Waals surface area contributed by atoms with Gasteiger partial charge in [-0.2, -0.15) is 11.3 Å². The first-order chi connectivity index (χ1) is 10.6. The molecule has 2 heterocycles. The molecule has 0 amide bonds. The number of halogens is 1. The molecule has 0 saturated carbocycles. The second kappa shape index (κ2) is 10.2. The smallest absolute Gasteiger partial charge is 0.194 e. The van der Waals surface area contributed by atoms with Gasteiger partial charge in [-0.05, 0) is 29.3 Å². The van der Waals surface area contributed by atoms with Crippen LogP contribution in [0.5, 0.6) is 0 Å². The molecular weight excluding hydrogens is 443 g/mol. The predicted octanol–water partition coefficient (Wildman–Crippen LogP) is 3.74. The number of aliphatic imine (C=N–C) groups is 1. The molecule has 0 bridgehead atoms. The van der Waals surface area contributed by atoms with Crippen LogP contribution in [0.1, 0.15) is 29.3 Å². The first-order valence-electron chi connectivity index (χ1n) is 7.04. The van der Waals surface area contributed by atoms with Crippen molar-refractivity contribution >= 4 is 52.6 Å². The van der Waals surface area contributed by atoms with Crippen molar-refractivity contribution in [3.8, 4) is 0 Å². The quantitative estimate of drug-likeness (QED) is 0.401. The van der Waals surface area contributed by atoms with Crippen molar-refractivity contribution in [2.45, 2.75) is 26.1 Å². The first kappa shape index (κ1) is 20.3. The number of rotatable bonds is 6. The van der Waals surface area contributed by atoms with Gasteiger partial charge in [0, 0.05) is 33.1 Å². The van der Waals surface area contributed by atoms with Crippen molar-refractivity contribution in [2.75, 3.05) is 21.2 Å². The minimum absolute atomic E-state index is 0. The fourth-order valence-corrected chi connectivity index (χ4v) is 3.47. The van der Waals surface area contributed by atoms with E-state index >= 15 is 0 Å². The highest BCUT2D eigenvalue weighted by Crippen LogP contribution is 2.20. The molecule has 23 heavy (non-hydrogen) atoms. The maximum Gasteiger partial charge on any atom is 0.194 e. The van der Waals surface area contributed by atoms with Crippen molar-refractivity contribution < 1.29 is 4.74 Å². The zero-order chi connectivity index (χ0) is 15.9. The normalized spacial score (nSPS) is 12.6. The Bertz CT molecular complexity index is 600. The maximum atomic E-state index is 5.30. The van der Waals surface area contributed by atoms with Crippen molar-refractivity contribution in [1.82, 2.24) is 15.2 Å². The lowest BCUT2D eigenvalue weighted by Crippen LogP contribution is -2.38. The van der Waals surface area contributed by atoms with E-state index in [0.29, 0.717) is 0 Å². The van der Waals surface area contributed by atoms with E-state index in [1.165, 1.54) is 5.56 Å². The summed E-state index contributed by atoms with van der Waals surface area (Å²) in [4.78, 5) is 11.0. The lowest BCUT2D eigenvalue weighted by atomic mass is 10.3. The van der Waals surface area contributed by atoms with Gasteiger partial charge >= 0.3 is 0 Å². The number of hydrogen-bond acceptors (Lipinski definition) is 5. The van der Waals surface area contributed by atoms with E-state index < -0.39 is 0 Å². The Morgan fingerprint density at radius 1 is 1.48 bits per heavy atom. The number of guanidine groups is 1. The lowest BCUT2D eigenvalue weighted by molar-refractivity contribution is 0.119.